The van der Waals surface area contributed by atoms with E-state index in [2.05, 4.69) is 9.97 Å². The zero-order valence-corrected chi connectivity index (χ0v) is 12.2. The van der Waals surface area contributed by atoms with Gasteiger partial charge in [-0.05, 0) is 18.4 Å². The monoisotopic (exact) mass is 321 g/mol. The van der Waals surface area contributed by atoms with Crippen molar-refractivity contribution >= 4 is 29.3 Å². The number of rotatable bonds is 3. The molecule has 0 bridgehead atoms. The molecule has 0 spiro atoms. The van der Waals surface area contributed by atoms with Crippen molar-refractivity contribution in [2.75, 3.05) is 6.26 Å². The maximum atomic E-state index is 11.9. The van der Waals surface area contributed by atoms with Crippen LogP contribution in [0.15, 0.2) is 28.2 Å². The first-order valence-electron chi connectivity index (χ1n) is 5.60. The fourth-order valence-electron chi connectivity index (χ4n) is 1.78. The van der Waals surface area contributed by atoms with E-state index in [0.29, 0.717) is 0 Å². The van der Waals surface area contributed by atoms with Gasteiger partial charge in [0.15, 0.2) is 5.16 Å². The van der Waals surface area contributed by atoms with Crippen LogP contribution in [0.25, 0.3) is 11.3 Å². The molecule has 0 aliphatic heterocycles. The zero-order chi connectivity index (χ0) is 15.6. The van der Waals surface area contributed by atoms with Gasteiger partial charge in [0.2, 0.25) is 0 Å². The molecule has 0 aliphatic carbocycles. The number of nitrogens with zero attached hydrogens (tertiary/aromatic N) is 2. The van der Waals surface area contributed by atoms with E-state index in [1.165, 1.54) is 18.2 Å². The molecular weight excluding hydrogens is 314 g/mol. The van der Waals surface area contributed by atoms with Crippen LogP contribution in [-0.4, -0.2) is 27.3 Å². The quantitative estimate of drug-likeness (QED) is 0.664. The summed E-state index contributed by atoms with van der Waals surface area (Å²) in [5, 5.41) is 18.8. The highest BCUT2D eigenvalue weighted by Gasteiger charge is 2.21. The number of H-pyrrole nitrogens is 1. The second-order valence-corrected chi connectivity index (χ2v) is 5.08. The summed E-state index contributed by atoms with van der Waals surface area (Å²) < 4.78 is 0. The lowest BCUT2D eigenvalue weighted by atomic mass is 10.0. The molecule has 0 fully saturated rings. The highest BCUT2D eigenvalue weighted by molar-refractivity contribution is 7.98. The fraction of sp³-hybridized carbons (Fsp3) is 0.0769. The van der Waals surface area contributed by atoms with Crippen LogP contribution in [0.2, 0.25) is 5.02 Å². The van der Waals surface area contributed by atoms with Crippen LogP contribution in [0.3, 0.4) is 0 Å². The van der Waals surface area contributed by atoms with E-state index in [-0.39, 0.29) is 32.6 Å². The van der Waals surface area contributed by atoms with Crippen molar-refractivity contribution in [1.82, 2.24) is 9.97 Å². The number of thioether (sulfide) groups is 1. The Hall–Kier alpha value is -2.30. The number of aromatic carboxylic acids is 1. The van der Waals surface area contributed by atoms with Crippen molar-refractivity contribution in [3.63, 3.8) is 0 Å². The highest BCUT2D eigenvalue weighted by Crippen LogP contribution is 2.32. The summed E-state index contributed by atoms with van der Waals surface area (Å²) in [6.07, 6.45) is 1.69. The SMILES string of the molecule is CSc1nc(-c2c(Cl)cccc2C(=O)O)c(C#N)c(=O)[nH]1. The number of carboxylic acid groups (broad SMARTS) is 1. The Balaban J connectivity index is 2.91. The average Bonchev–Trinajstić information content (AvgIpc) is 2.46. The number of halogens is 1. The van der Waals surface area contributed by atoms with Gasteiger partial charge in [-0.25, -0.2) is 9.78 Å². The van der Waals surface area contributed by atoms with Crippen molar-refractivity contribution in [3.8, 4) is 17.3 Å². The minimum Gasteiger partial charge on any atom is -0.478 e. The second kappa shape index (κ2) is 5.99. The van der Waals surface area contributed by atoms with Crippen LogP contribution in [0.4, 0.5) is 0 Å². The molecule has 21 heavy (non-hydrogen) atoms. The predicted octanol–water partition coefficient (Wildman–Crippen LogP) is 2.38. The molecule has 1 aromatic carbocycles. The summed E-state index contributed by atoms with van der Waals surface area (Å²) in [6.45, 7) is 0. The smallest absolute Gasteiger partial charge is 0.336 e. The molecule has 0 radical (unpaired) electrons. The van der Waals surface area contributed by atoms with Gasteiger partial charge in [-0.15, -0.1) is 0 Å². The van der Waals surface area contributed by atoms with Crippen LogP contribution in [0, 0.1) is 11.3 Å². The van der Waals surface area contributed by atoms with E-state index in [9.17, 15) is 14.7 Å². The van der Waals surface area contributed by atoms with Crippen LogP contribution >= 0.6 is 23.4 Å². The third kappa shape index (κ3) is 2.77. The maximum Gasteiger partial charge on any atom is 0.336 e. The Labute approximate surface area is 128 Å². The van der Waals surface area contributed by atoms with Gasteiger partial charge in [0.25, 0.3) is 5.56 Å². The maximum absolute atomic E-state index is 11.9. The van der Waals surface area contributed by atoms with Crippen molar-refractivity contribution < 1.29 is 9.90 Å². The Morgan fingerprint density at radius 3 is 2.81 bits per heavy atom. The number of nitriles is 1. The third-order valence-electron chi connectivity index (χ3n) is 2.68. The van der Waals surface area contributed by atoms with Crippen molar-refractivity contribution in [2.24, 2.45) is 0 Å². The molecule has 2 rings (SSSR count). The summed E-state index contributed by atoms with van der Waals surface area (Å²) in [4.78, 5) is 29.8. The topological polar surface area (TPSA) is 107 Å². The fourth-order valence-corrected chi connectivity index (χ4v) is 2.42. The molecule has 1 aromatic heterocycles. The average molecular weight is 322 g/mol. The molecule has 2 N–H and O–H groups in total. The normalized spacial score (nSPS) is 10.1. The molecule has 0 unspecified atom stereocenters. The van der Waals surface area contributed by atoms with Gasteiger partial charge in [-0.1, -0.05) is 29.4 Å². The molecule has 0 aliphatic rings. The van der Waals surface area contributed by atoms with Gasteiger partial charge in [0.1, 0.15) is 11.6 Å². The van der Waals surface area contributed by atoms with E-state index in [4.69, 9.17) is 16.9 Å². The van der Waals surface area contributed by atoms with Crippen LogP contribution < -0.4 is 5.56 Å². The molecular formula is C13H8ClN3O3S. The molecule has 0 saturated heterocycles. The van der Waals surface area contributed by atoms with E-state index in [1.807, 2.05) is 0 Å². The molecule has 0 saturated carbocycles. The zero-order valence-electron chi connectivity index (χ0n) is 10.7. The van der Waals surface area contributed by atoms with Crippen LogP contribution in [-0.2, 0) is 0 Å². The van der Waals surface area contributed by atoms with Crippen LogP contribution in [0.1, 0.15) is 15.9 Å². The number of carbonyl (C=O) groups is 1. The van der Waals surface area contributed by atoms with Gasteiger partial charge in [0, 0.05) is 5.56 Å². The lowest BCUT2D eigenvalue weighted by Gasteiger charge is -2.10. The molecule has 6 nitrogen and oxygen atoms in total. The first kappa shape index (κ1) is 15.1. The molecule has 2 aromatic rings. The number of aromatic nitrogens is 2. The summed E-state index contributed by atoms with van der Waals surface area (Å²) in [5.74, 6) is -1.22. The molecule has 106 valence electrons. The first-order chi connectivity index (χ1) is 9.99. The van der Waals surface area contributed by atoms with Gasteiger partial charge in [-0.3, -0.25) is 4.79 Å². The summed E-state index contributed by atoms with van der Waals surface area (Å²) >= 11 is 7.22. The number of nitrogens with one attached hydrogen (secondary N) is 1. The minimum atomic E-state index is -1.22. The number of carboxylic acids is 1. The Morgan fingerprint density at radius 1 is 1.52 bits per heavy atom. The van der Waals surface area contributed by atoms with Crippen molar-refractivity contribution in [2.45, 2.75) is 5.16 Å². The van der Waals surface area contributed by atoms with Gasteiger partial charge in [-0.2, -0.15) is 5.26 Å². The van der Waals surface area contributed by atoms with Gasteiger partial charge < -0.3 is 10.1 Å². The van der Waals surface area contributed by atoms with E-state index < -0.39 is 11.5 Å². The summed E-state index contributed by atoms with van der Waals surface area (Å²) in [6, 6.07) is 6.03. The number of hydrogen-bond donors (Lipinski definition) is 2. The van der Waals surface area contributed by atoms with Crippen molar-refractivity contribution in [1.29, 1.82) is 5.26 Å². The lowest BCUT2D eigenvalue weighted by molar-refractivity contribution is 0.0697. The second-order valence-electron chi connectivity index (χ2n) is 3.88. The van der Waals surface area contributed by atoms with Gasteiger partial charge in [0.05, 0.1) is 16.3 Å². The third-order valence-corrected chi connectivity index (χ3v) is 3.58. The first-order valence-corrected chi connectivity index (χ1v) is 7.20. The summed E-state index contributed by atoms with van der Waals surface area (Å²) in [5.41, 5.74) is -1.01. The summed E-state index contributed by atoms with van der Waals surface area (Å²) in [7, 11) is 0. The van der Waals surface area contributed by atoms with E-state index in [1.54, 1.807) is 12.3 Å². The van der Waals surface area contributed by atoms with Crippen LogP contribution in [0.5, 0.6) is 0 Å². The van der Waals surface area contributed by atoms with Gasteiger partial charge >= 0.3 is 5.97 Å². The number of hydrogen-bond acceptors (Lipinski definition) is 5. The Bertz CT molecular complexity index is 826. The predicted molar refractivity (Wildman–Crippen MR) is 78.8 cm³/mol. The molecule has 1 heterocycles. The minimum absolute atomic E-state index is 0.0337. The highest BCUT2D eigenvalue weighted by atomic mass is 35.5. The largest absolute Gasteiger partial charge is 0.478 e. The molecule has 0 amide bonds. The van der Waals surface area contributed by atoms with E-state index in [0.717, 1.165) is 11.8 Å². The standard InChI is InChI=1S/C13H8ClN3O3S/c1-21-13-16-10(7(5-15)11(18)17-13)9-6(12(19)20)3-2-4-8(9)14/h2-4H,1H3,(H,19,20)(H,16,17,18). The number of benzene rings is 1. The van der Waals surface area contributed by atoms with Crippen molar-refractivity contribution in [3.05, 3.63) is 44.7 Å². The lowest BCUT2D eigenvalue weighted by Crippen LogP contribution is -2.15. The molecule has 0 atom stereocenters. The Kier molecular flexibility index (Phi) is 4.31. The Morgan fingerprint density at radius 2 is 2.24 bits per heavy atom. The molecule has 8 heteroatoms. The number of aromatic amines is 1. The van der Waals surface area contributed by atoms with E-state index >= 15 is 0 Å².